The lowest BCUT2D eigenvalue weighted by atomic mass is 9.67. The highest BCUT2D eigenvalue weighted by Crippen LogP contribution is 2.45. The Balaban J connectivity index is 2.42. The van der Waals surface area contributed by atoms with Crippen LogP contribution in [0.1, 0.15) is 175 Å². The number of carbonyl (C=O) groups is 1. The number of carboxylic acid groups (broad SMARTS) is 1. The van der Waals surface area contributed by atoms with E-state index in [1.165, 1.54) is 89.9 Å². The summed E-state index contributed by atoms with van der Waals surface area (Å²) in [6.45, 7) is 15.0. The zero-order valence-corrected chi connectivity index (χ0v) is 26.2. The number of aromatic hydroxyl groups is 1. The maximum atomic E-state index is 12.5. The second-order valence-corrected chi connectivity index (χ2v) is 13.9. The van der Waals surface area contributed by atoms with Crippen LogP contribution in [0.5, 0.6) is 5.75 Å². The number of carboxylic acids is 1. The standard InChI is InChI=1S/C35H62O3/c1-8-9-10-11-12-13-14-15-16-17-18-19-20-21-22-23-24-29(33(37)38)32(35(5,6)7)28-25-26-31(36)30(27-28)34(2,3)4/h25-27,29,32,36H,8-24H2,1-7H3,(H,37,38). The zero-order chi connectivity index (χ0) is 28.6. The molecule has 3 nitrogen and oxygen atoms in total. The third-order valence-corrected chi connectivity index (χ3v) is 8.21. The highest BCUT2D eigenvalue weighted by molar-refractivity contribution is 5.71. The molecule has 1 rings (SSSR count). The van der Waals surface area contributed by atoms with E-state index in [1.807, 2.05) is 6.07 Å². The van der Waals surface area contributed by atoms with Crippen LogP contribution in [-0.4, -0.2) is 16.2 Å². The Labute approximate surface area is 236 Å². The SMILES string of the molecule is CCCCCCCCCCCCCCCCCCC(C(=O)O)C(c1ccc(O)c(C(C)(C)C)c1)C(C)(C)C. The Morgan fingerprint density at radius 3 is 1.50 bits per heavy atom. The molecule has 0 saturated carbocycles. The molecule has 0 aliphatic carbocycles. The van der Waals surface area contributed by atoms with E-state index in [0.717, 1.165) is 24.0 Å². The number of benzene rings is 1. The van der Waals surface area contributed by atoms with Gasteiger partial charge in [0.05, 0.1) is 5.92 Å². The first-order chi connectivity index (χ1) is 17.9. The predicted molar refractivity (Wildman–Crippen MR) is 164 cm³/mol. The van der Waals surface area contributed by atoms with Crippen molar-refractivity contribution in [3.63, 3.8) is 0 Å². The van der Waals surface area contributed by atoms with Gasteiger partial charge in [0.15, 0.2) is 0 Å². The molecule has 2 N–H and O–H groups in total. The van der Waals surface area contributed by atoms with Gasteiger partial charge in [0, 0.05) is 5.92 Å². The van der Waals surface area contributed by atoms with Crippen LogP contribution in [0.2, 0.25) is 0 Å². The van der Waals surface area contributed by atoms with Gasteiger partial charge in [0.25, 0.3) is 0 Å². The van der Waals surface area contributed by atoms with Gasteiger partial charge in [-0.05, 0) is 34.4 Å². The van der Waals surface area contributed by atoms with Gasteiger partial charge in [-0.25, -0.2) is 0 Å². The van der Waals surface area contributed by atoms with Crippen LogP contribution in [-0.2, 0) is 10.2 Å². The van der Waals surface area contributed by atoms with Crippen molar-refractivity contribution in [3.05, 3.63) is 29.3 Å². The van der Waals surface area contributed by atoms with E-state index >= 15 is 0 Å². The van der Waals surface area contributed by atoms with Gasteiger partial charge in [-0.15, -0.1) is 0 Å². The van der Waals surface area contributed by atoms with Gasteiger partial charge in [-0.1, -0.05) is 163 Å². The van der Waals surface area contributed by atoms with E-state index in [1.54, 1.807) is 6.07 Å². The molecule has 0 amide bonds. The molecule has 3 heteroatoms. The number of phenolic OH excluding ortho intramolecular Hbond substituents is 1. The molecule has 0 saturated heterocycles. The molecule has 0 heterocycles. The first-order valence-corrected chi connectivity index (χ1v) is 16.0. The average Bonchev–Trinajstić information content (AvgIpc) is 2.82. The molecule has 0 spiro atoms. The normalized spacial score (nSPS) is 14.0. The molecule has 0 aromatic heterocycles. The third kappa shape index (κ3) is 13.5. The summed E-state index contributed by atoms with van der Waals surface area (Å²) < 4.78 is 0. The summed E-state index contributed by atoms with van der Waals surface area (Å²) in [5.74, 6) is -0.924. The Bertz CT molecular complexity index is 768. The second kappa shape index (κ2) is 18.0. The molecule has 2 atom stereocenters. The molecule has 0 aliphatic heterocycles. The maximum absolute atomic E-state index is 12.5. The summed E-state index contributed by atoms with van der Waals surface area (Å²) in [5.41, 5.74) is 1.53. The first kappa shape index (κ1) is 34.5. The van der Waals surface area contributed by atoms with E-state index in [2.05, 4.69) is 54.5 Å². The van der Waals surface area contributed by atoms with Crippen LogP contribution in [0.25, 0.3) is 0 Å². The number of phenols is 1. The molecule has 0 aliphatic rings. The van der Waals surface area contributed by atoms with Crippen molar-refractivity contribution in [1.82, 2.24) is 0 Å². The van der Waals surface area contributed by atoms with Crippen molar-refractivity contribution in [3.8, 4) is 5.75 Å². The molecule has 220 valence electrons. The lowest BCUT2D eigenvalue weighted by molar-refractivity contribution is -0.144. The number of aliphatic carboxylic acids is 1. The number of unbranched alkanes of at least 4 members (excludes halogenated alkanes) is 15. The van der Waals surface area contributed by atoms with Gasteiger partial charge in [0.2, 0.25) is 0 Å². The van der Waals surface area contributed by atoms with E-state index in [4.69, 9.17) is 0 Å². The fraction of sp³-hybridized carbons (Fsp3) is 0.800. The van der Waals surface area contributed by atoms with E-state index in [9.17, 15) is 15.0 Å². The summed E-state index contributed by atoms with van der Waals surface area (Å²) in [7, 11) is 0. The van der Waals surface area contributed by atoms with Gasteiger partial charge < -0.3 is 10.2 Å². The summed E-state index contributed by atoms with van der Waals surface area (Å²) in [4.78, 5) is 12.5. The van der Waals surface area contributed by atoms with Gasteiger partial charge in [-0.3, -0.25) is 4.79 Å². The zero-order valence-electron chi connectivity index (χ0n) is 26.2. The molecule has 1 aromatic carbocycles. The van der Waals surface area contributed by atoms with Crippen molar-refractivity contribution >= 4 is 5.97 Å². The second-order valence-electron chi connectivity index (χ2n) is 13.9. The Hall–Kier alpha value is -1.51. The minimum Gasteiger partial charge on any atom is -0.508 e. The minimum absolute atomic E-state index is 0.0990. The summed E-state index contributed by atoms with van der Waals surface area (Å²) in [5, 5.41) is 20.7. The summed E-state index contributed by atoms with van der Waals surface area (Å²) in [6.07, 6.45) is 21.9. The van der Waals surface area contributed by atoms with Crippen molar-refractivity contribution in [2.24, 2.45) is 11.3 Å². The van der Waals surface area contributed by atoms with E-state index < -0.39 is 11.9 Å². The molecule has 0 fully saturated rings. The summed E-state index contributed by atoms with van der Waals surface area (Å²) >= 11 is 0. The fourth-order valence-electron chi connectivity index (χ4n) is 6.03. The highest BCUT2D eigenvalue weighted by Gasteiger charge is 2.38. The predicted octanol–water partition coefficient (Wildman–Crippen LogP) is 11.2. The van der Waals surface area contributed by atoms with Crippen molar-refractivity contribution in [2.45, 2.75) is 169 Å². The smallest absolute Gasteiger partial charge is 0.307 e. The van der Waals surface area contributed by atoms with Crippen molar-refractivity contribution < 1.29 is 15.0 Å². The van der Waals surface area contributed by atoms with Crippen LogP contribution in [0.4, 0.5) is 0 Å². The van der Waals surface area contributed by atoms with Crippen LogP contribution in [0, 0.1) is 11.3 Å². The molecular formula is C35H62O3. The van der Waals surface area contributed by atoms with Crippen LogP contribution >= 0.6 is 0 Å². The highest BCUT2D eigenvalue weighted by atomic mass is 16.4. The van der Waals surface area contributed by atoms with E-state index in [-0.39, 0.29) is 16.7 Å². The Morgan fingerprint density at radius 1 is 0.711 bits per heavy atom. The number of hydrogen-bond acceptors (Lipinski definition) is 2. The lowest BCUT2D eigenvalue weighted by Crippen LogP contribution is -2.32. The monoisotopic (exact) mass is 530 g/mol. The van der Waals surface area contributed by atoms with E-state index in [0.29, 0.717) is 12.2 Å². The molecule has 0 bridgehead atoms. The summed E-state index contributed by atoms with van der Waals surface area (Å²) in [6, 6.07) is 5.74. The van der Waals surface area contributed by atoms with Crippen LogP contribution in [0.3, 0.4) is 0 Å². The number of hydrogen-bond donors (Lipinski definition) is 2. The lowest BCUT2D eigenvalue weighted by Gasteiger charge is -2.36. The van der Waals surface area contributed by atoms with Gasteiger partial charge >= 0.3 is 5.97 Å². The third-order valence-electron chi connectivity index (χ3n) is 8.21. The Kier molecular flexibility index (Phi) is 16.3. The molecule has 1 aromatic rings. The topological polar surface area (TPSA) is 57.5 Å². The maximum Gasteiger partial charge on any atom is 0.307 e. The largest absolute Gasteiger partial charge is 0.508 e. The molecular weight excluding hydrogens is 468 g/mol. The van der Waals surface area contributed by atoms with Gasteiger partial charge in [-0.2, -0.15) is 0 Å². The fourth-order valence-corrected chi connectivity index (χ4v) is 6.03. The van der Waals surface area contributed by atoms with Crippen molar-refractivity contribution in [2.75, 3.05) is 0 Å². The minimum atomic E-state index is -0.698. The van der Waals surface area contributed by atoms with Crippen LogP contribution < -0.4 is 0 Å². The van der Waals surface area contributed by atoms with Crippen molar-refractivity contribution in [1.29, 1.82) is 0 Å². The molecule has 0 radical (unpaired) electrons. The number of rotatable bonds is 20. The Morgan fingerprint density at radius 2 is 1.13 bits per heavy atom. The molecule has 2 unspecified atom stereocenters. The van der Waals surface area contributed by atoms with Gasteiger partial charge in [0.1, 0.15) is 5.75 Å². The average molecular weight is 531 g/mol. The molecule has 38 heavy (non-hydrogen) atoms. The first-order valence-electron chi connectivity index (χ1n) is 16.0. The quantitative estimate of drug-likeness (QED) is 0.165. The van der Waals surface area contributed by atoms with Crippen LogP contribution in [0.15, 0.2) is 18.2 Å².